The Labute approximate surface area is 150 Å². The van der Waals surface area contributed by atoms with E-state index in [4.69, 9.17) is 9.15 Å². The van der Waals surface area contributed by atoms with E-state index in [1.54, 1.807) is 19.9 Å². The zero-order chi connectivity index (χ0) is 18.5. The fourth-order valence-corrected chi connectivity index (χ4v) is 2.96. The fraction of sp³-hybridized carbons (Fsp3) is 0.529. The lowest BCUT2D eigenvalue weighted by Crippen LogP contribution is -2.33. The number of aromatic nitrogens is 2. The summed E-state index contributed by atoms with van der Waals surface area (Å²) >= 11 is 0. The van der Waals surface area contributed by atoms with Gasteiger partial charge in [0.2, 0.25) is 0 Å². The molecule has 1 amide bonds. The number of amides is 1. The van der Waals surface area contributed by atoms with E-state index in [2.05, 4.69) is 25.6 Å². The van der Waals surface area contributed by atoms with E-state index in [1.807, 2.05) is 0 Å². The lowest BCUT2D eigenvalue weighted by Gasteiger charge is -2.22. The highest BCUT2D eigenvalue weighted by Gasteiger charge is 2.22. The number of rotatable bonds is 6. The van der Waals surface area contributed by atoms with Crippen LogP contribution in [0.1, 0.15) is 46.1 Å². The predicted molar refractivity (Wildman–Crippen MR) is 91.4 cm³/mol. The molecule has 9 heteroatoms. The van der Waals surface area contributed by atoms with Gasteiger partial charge in [0.05, 0.1) is 6.54 Å². The van der Waals surface area contributed by atoms with Crippen molar-refractivity contribution in [2.45, 2.75) is 32.6 Å². The van der Waals surface area contributed by atoms with Gasteiger partial charge in [-0.3, -0.25) is 4.79 Å². The highest BCUT2D eigenvalue weighted by atomic mass is 16.6. The van der Waals surface area contributed by atoms with Gasteiger partial charge in [0.15, 0.2) is 0 Å². The van der Waals surface area contributed by atoms with Crippen molar-refractivity contribution < 1.29 is 18.6 Å². The molecule has 0 saturated carbocycles. The topological polar surface area (TPSA) is 119 Å². The van der Waals surface area contributed by atoms with Gasteiger partial charge in [-0.1, -0.05) is 5.16 Å². The van der Waals surface area contributed by atoms with E-state index in [1.165, 1.54) is 0 Å². The van der Waals surface area contributed by atoms with Gasteiger partial charge < -0.3 is 19.8 Å². The lowest BCUT2D eigenvalue weighted by molar-refractivity contribution is 0.0941. The molecule has 0 aliphatic carbocycles. The Kier molecular flexibility index (Phi) is 5.67. The number of ether oxygens (including phenoxy) is 1. The van der Waals surface area contributed by atoms with Gasteiger partial charge in [-0.05, 0) is 50.0 Å². The van der Waals surface area contributed by atoms with E-state index >= 15 is 0 Å². The fourth-order valence-electron chi connectivity index (χ4n) is 2.96. The number of hydrogen-bond donors (Lipinski definition) is 2. The molecule has 1 atom stereocenters. The molecule has 1 unspecified atom stereocenters. The second-order valence-electron chi connectivity index (χ2n) is 6.30. The quantitative estimate of drug-likeness (QED) is 0.728. The molecule has 2 N–H and O–H groups in total. The van der Waals surface area contributed by atoms with Crippen molar-refractivity contribution in [3.8, 4) is 5.88 Å². The van der Waals surface area contributed by atoms with Crippen LogP contribution in [-0.2, 0) is 0 Å². The molecule has 2 aromatic rings. The first kappa shape index (κ1) is 18.1. The number of carbonyl (C=O) groups is 1. The second-order valence-corrected chi connectivity index (χ2v) is 6.30. The molecule has 1 aliphatic heterocycles. The van der Waals surface area contributed by atoms with Crippen LogP contribution in [0, 0.1) is 13.8 Å². The first-order valence-corrected chi connectivity index (χ1v) is 8.61. The Hall–Kier alpha value is -2.68. The van der Waals surface area contributed by atoms with Gasteiger partial charge in [-0.25, -0.2) is 9.42 Å². The summed E-state index contributed by atoms with van der Waals surface area (Å²) < 4.78 is 15.3. The summed E-state index contributed by atoms with van der Waals surface area (Å²) in [5.41, 5.74) is 0.551. The molecule has 9 nitrogen and oxygen atoms in total. The molecule has 1 aliphatic rings. The van der Waals surface area contributed by atoms with Crippen LogP contribution in [0.2, 0.25) is 0 Å². The zero-order valence-corrected chi connectivity index (χ0v) is 14.8. The van der Waals surface area contributed by atoms with Crippen LogP contribution in [0.25, 0.3) is 0 Å². The van der Waals surface area contributed by atoms with E-state index in [0.29, 0.717) is 17.0 Å². The van der Waals surface area contributed by atoms with Crippen molar-refractivity contribution >= 4 is 5.91 Å². The molecule has 140 valence electrons. The van der Waals surface area contributed by atoms with E-state index in [-0.39, 0.29) is 30.5 Å². The summed E-state index contributed by atoms with van der Waals surface area (Å²) in [5, 5.41) is 13.1. The first-order chi connectivity index (χ1) is 12.6. The minimum atomic E-state index is -0.611. The van der Waals surface area contributed by atoms with Crippen LogP contribution in [-0.4, -0.2) is 42.5 Å². The number of carbonyl (C=O) groups excluding carboxylic acids is 1. The Morgan fingerprint density at radius 3 is 2.92 bits per heavy atom. The van der Waals surface area contributed by atoms with Crippen LogP contribution >= 0.6 is 0 Å². The maximum atomic E-state index is 12.3. The minimum absolute atomic E-state index is 0.0248. The van der Waals surface area contributed by atoms with E-state index in [9.17, 15) is 9.59 Å². The largest absolute Gasteiger partial charge is 0.472 e. The number of nitrogens with zero attached hydrogens (tertiary/aromatic N) is 2. The van der Waals surface area contributed by atoms with Gasteiger partial charge in [-0.15, -0.1) is 0 Å². The SMILES string of the molecule is Cc1cc(C2CCCNC2)oc(=O)c1C(=O)NCCOc1nonc1C. The maximum Gasteiger partial charge on any atom is 0.349 e. The molecule has 1 fully saturated rings. The van der Waals surface area contributed by atoms with Crippen molar-refractivity contribution in [3.05, 3.63) is 39.1 Å². The highest BCUT2D eigenvalue weighted by Crippen LogP contribution is 2.23. The molecule has 0 spiro atoms. The molecular weight excluding hydrogens is 340 g/mol. The molecular formula is C17H22N4O5. The molecule has 0 aromatic carbocycles. The standard InChI is InChI=1S/C17H22N4O5/c1-10-8-13(12-4-3-5-18-9-12)25-17(23)14(10)15(22)19-6-7-24-16-11(2)20-26-21-16/h8,12,18H,3-7,9H2,1-2H3,(H,19,22). The smallest absolute Gasteiger partial charge is 0.349 e. The Balaban J connectivity index is 1.60. The Morgan fingerprint density at radius 1 is 1.42 bits per heavy atom. The summed E-state index contributed by atoms with van der Waals surface area (Å²) in [6.45, 7) is 5.58. The van der Waals surface area contributed by atoms with Crippen molar-refractivity contribution in [2.24, 2.45) is 0 Å². The number of piperidine rings is 1. The monoisotopic (exact) mass is 362 g/mol. The van der Waals surface area contributed by atoms with Crippen LogP contribution in [0.4, 0.5) is 0 Å². The normalized spacial score (nSPS) is 17.1. The molecule has 1 saturated heterocycles. The Bertz CT molecular complexity index is 823. The minimum Gasteiger partial charge on any atom is -0.472 e. The van der Waals surface area contributed by atoms with Crippen molar-refractivity contribution in [1.29, 1.82) is 0 Å². The summed E-state index contributed by atoms with van der Waals surface area (Å²) in [7, 11) is 0. The molecule has 0 radical (unpaired) electrons. The van der Waals surface area contributed by atoms with E-state index in [0.717, 1.165) is 25.9 Å². The van der Waals surface area contributed by atoms with Gasteiger partial charge in [0.25, 0.3) is 11.8 Å². The first-order valence-electron chi connectivity index (χ1n) is 8.61. The average molecular weight is 362 g/mol. The summed E-state index contributed by atoms with van der Waals surface area (Å²) in [5.74, 6) is 0.595. The van der Waals surface area contributed by atoms with E-state index < -0.39 is 11.5 Å². The van der Waals surface area contributed by atoms with Gasteiger partial charge in [0.1, 0.15) is 23.6 Å². The third-order valence-corrected chi connectivity index (χ3v) is 4.33. The van der Waals surface area contributed by atoms with Gasteiger partial charge >= 0.3 is 5.63 Å². The van der Waals surface area contributed by atoms with Crippen LogP contribution in [0.3, 0.4) is 0 Å². The van der Waals surface area contributed by atoms with Crippen molar-refractivity contribution in [2.75, 3.05) is 26.2 Å². The summed E-state index contributed by atoms with van der Waals surface area (Å²) in [6, 6.07) is 1.79. The van der Waals surface area contributed by atoms with Crippen molar-refractivity contribution in [1.82, 2.24) is 20.9 Å². The van der Waals surface area contributed by atoms with Crippen LogP contribution in [0.5, 0.6) is 5.88 Å². The van der Waals surface area contributed by atoms with Crippen LogP contribution in [0.15, 0.2) is 19.9 Å². The third-order valence-electron chi connectivity index (χ3n) is 4.33. The van der Waals surface area contributed by atoms with Gasteiger partial charge in [0, 0.05) is 12.5 Å². The molecule has 3 rings (SSSR count). The average Bonchev–Trinajstić information content (AvgIpc) is 3.04. The second kappa shape index (κ2) is 8.13. The van der Waals surface area contributed by atoms with Crippen LogP contribution < -0.4 is 21.0 Å². The highest BCUT2D eigenvalue weighted by molar-refractivity contribution is 5.95. The summed E-state index contributed by atoms with van der Waals surface area (Å²) in [6.07, 6.45) is 2.00. The molecule has 3 heterocycles. The number of nitrogens with one attached hydrogen (secondary N) is 2. The summed E-state index contributed by atoms with van der Waals surface area (Å²) in [4.78, 5) is 24.6. The molecule has 26 heavy (non-hydrogen) atoms. The maximum absolute atomic E-state index is 12.3. The number of hydrogen-bond acceptors (Lipinski definition) is 8. The Morgan fingerprint density at radius 2 is 2.27 bits per heavy atom. The predicted octanol–water partition coefficient (Wildman–Crippen LogP) is 0.915. The molecule has 0 bridgehead atoms. The van der Waals surface area contributed by atoms with Crippen molar-refractivity contribution in [3.63, 3.8) is 0 Å². The molecule has 2 aromatic heterocycles. The number of aryl methyl sites for hydroxylation is 2. The van der Waals surface area contributed by atoms with Gasteiger partial charge in [-0.2, -0.15) is 0 Å². The zero-order valence-electron chi connectivity index (χ0n) is 14.8. The lowest BCUT2D eigenvalue weighted by atomic mass is 9.95. The third kappa shape index (κ3) is 4.10.